The van der Waals surface area contributed by atoms with Gasteiger partial charge in [0.2, 0.25) is 0 Å². The first-order valence-corrected chi connectivity index (χ1v) is 10.4. The number of sulfone groups is 1. The van der Waals surface area contributed by atoms with Crippen molar-refractivity contribution >= 4 is 53.2 Å². The minimum Gasteiger partial charge on any atom is -0.360 e. The van der Waals surface area contributed by atoms with Crippen molar-refractivity contribution < 1.29 is 8.42 Å². The Hall–Kier alpha value is -0.990. The Bertz CT molecular complexity index is 918. The highest BCUT2D eigenvalue weighted by atomic mass is 79.9. The van der Waals surface area contributed by atoms with Crippen LogP contribution in [0, 0.1) is 0 Å². The van der Waals surface area contributed by atoms with Gasteiger partial charge in [0.25, 0.3) is 0 Å². The molecule has 2 aromatic rings. The second-order valence-electron chi connectivity index (χ2n) is 6.43. The first kappa shape index (κ1) is 16.9. The Kier molecular flexibility index (Phi) is 3.85. The average molecular weight is 416 g/mol. The lowest BCUT2D eigenvalue weighted by atomic mass is 10.0. The SMILES string of the molecule is CN=C1NC(C)(c2nc3ccc(Br)cc3s2)CS(=O)(=O)C1(C)C. The minimum absolute atomic E-state index is 0.00693. The van der Waals surface area contributed by atoms with E-state index in [1.807, 2.05) is 25.1 Å². The summed E-state index contributed by atoms with van der Waals surface area (Å²) in [6.07, 6.45) is 0. The first-order valence-electron chi connectivity index (χ1n) is 7.13. The van der Waals surface area contributed by atoms with Crippen molar-refractivity contribution in [2.24, 2.45) is 4.99 Å². The van der Waals surface area contributed by atoms with E-state index >= 15 is 0 Å². The number of hydrogen-bond acceptors (Lipinski definition) is 5. The third kappa shape index (κ3) is 2.60. The van der Waals surface area contributed by atoms with Crippen molar-refractivity contribution in [3.8, 4) is 0 Å². The zero-order valence-corrected chi connectivity index (χ0v) is 16.6. The molecule has 1 saturated heterocycles. The molecule has 1 unspecified atom stereocenters. The van der Waals surface area contributed by atoms with E-state index in [1.165, 1.54) is 11.3 Å². The van der Waals surface area contributed by atoms with E-state index < -0.39 is 20.1 Å². The van der Waals surface area contributed by atoms with Crippen LogP contribution in [0.3, 0.4) is 0 Å². The normalized spacial score (nSPS) is 28.0. The number of amidine groups is 1. The predicted molar refractivity (Wildman–Crippen MR) is 99.0 cm³/mol. The smallest absolute Gasteiger partial charge is 0.165 e. The highest BCUT2D eigenvalue weighted by molar-refractivity contribution is 9.10. The number of hydrogen-bond donors (Lipinski definition) is 1. The van der Waals surface area contributed by atoms with Crippen molar-refractivity contribution in [3.63, 3.8) is 0 Å². The summed E-state index contributed by atoms with van der Waals surface area (Å²) in [5.74, 6) is 0.471. The number of nitrogens with one attached hydrogen (secondary N) is 1. The molecule has 5 nitrogen and oxygen atoms in total. The van der Waals surface area contributed by atoms with Crippen LogP contribution < -0.4 is 5.32 Å². The van der Waals surface area contributed by atoms with Crippen LogP contribution in [0.25, 0.3) is 10.2 Å². The van der Waals surface area contributed by atoms with Crippen LogP contribution in [0.2, 0.25) is 0 Å². The van der Waals surface area contributed by atoms with E-state index in [0.29, 0.717) is 5.84 Å². The number of thiazole rings is 1. The van der Waals surface area contributed by atoms with Crippen molar-refractivity contribution in [2.45, 2.75) is 31.1 Å². The van der Waals surface area contributed by atoms with E-state index in [1.54, 1.807) is 20.9 Å². The third-order valence-corrected chi connectivity index (χ3v) is 8.75. The fourth-order valence-corrected chi connectivity index (χ4v) is 6.21. The van der Waals surface area contributed by atoms with E-state index in [9.17, 15) is 8.42 Å². The maximum atomic E-state index is 12.8. The predicted octanol–water partition coefficient (Wildman–Crippen LogP) is 3.10. The van der Waals surface area contributed by atoms with Gasteiger partial charge in [-0.05, 0) is 39.0 Å². The summed E-state index contributed by atoms with van der Waals surface area (Å²) >= 11 is 4.96. The van der Waals surface area contributed by atoms with Crippen LogP contribution in [0.1, 0.15) is 25.8 Å². The standard InChI is InChI=1S/C15H18BrN3O2S2/c1-14(2)12(17-4)19-15(3,8-23(14,20)21)13-18-10-6-5-9(16)7-11(10)22-13/h5-7H,8H2,1-4H3,(H,17,19). The van der Waals surface area contributed by atoms with Crippen LogP contribution in [0.5, 0.6) is 0 Å². The van der Waals surface area contributed by atoms with Crippen molar-refractivity contribution in [1.29, 1.82) is 0 Å². The molecule has 8 heteroatoms. The van der Waals surface area contributed by atoms with Gasteiger partial charge in [-0.2, -0.15) is 0 Å². The molecule has 3 rings (SSSR count). The molecule has 1 aromatic carbocycles. The van der Waals surface area contributed by atoms with Gasteiger partial charge in [-0.25, -0.2) is 13.4 Å². The Labute approximate surface area is 148 Å². The molecule has 1 aliphatic heterocycles. The average Bonchev–Trinajstić information content (AvgIpc) is 2.86. The second kappa shape index (κ2) is 5.26. The molecule has 1 atom stereocenters. The lowest BCUT2D eigenvalue weighted by Crippen LogP contribution is -2.64. The summed E-state index contributed by atoms with van der Waals surface area (Å²) in [5, 5.41) is 4.08. The van der Waals surface area contributed by atoms with E-state index in [4.69, 9.17) is 0 Å². The van der Waals surface area contributed by atoms with Crippen LogP contribution in [0.15, 0.2) is 27.7 Å². The number of halogens is 1. The summed E-state index contributed by atoms with van der Waals surface area (Å²) in [5.41, 5.74) is 0.0905. The number of rotatable bonds is 1. The van der Waals surface area contributed by atoms with Crippen LogP contribution in [-0.2, 0) is 15.4 Å². The van der Waals surface area contributed by atoms with Crippen molar-refractivity contribution in [1.82, 2.24) is 10.3 Å². The molecule has 0 aliphatic carbocycles. The van der Waals surface area contributed by atoms with Gasteiger partial charge in [0.1, 0.15) is 21.1 Å². The molecule has 1 aliphatic rings. The number of fused-ring (bicyclic) bond motifs is 1. The van der Waals surface area contributed by atoms with Gasteiger partial charge in [-0.3, -0.25) is 4.99 Å². The Balaban J connectivity index is 2.13. The van der Waals surface area contributed by atoms with E-state index in [2.05, 4.69) is 31.2 Å². The van der Waals surface area contributed by atoms with Crippen molar-refractivity contribution in [3.05, 3.63) is 27.7 Å². The maximum Gasteiger partial charge on any atom is 0.165 e. The van der Waals surface area contributed by atoms with Gasteiger partial charge in [0, 0.05) is 11.5 Å². The number of aromatic nitrogens is 1. The third-order valence-electron chi connectivity index (χ3n) is 4.27. The lowest BCUT2D eigenvalue weighted by molar-refractivity contribution is 0.442. The second-order valence-corrected chi connectivity index (χ2v) is 10.9. The summed E-state index contributed by atoms with van der Waals surface area (Å²) in [4.78, 5) is 8.83. The maximum absolute atomic E-state index is 12.8. The molecule has 124 valence electrons. The van der Waals surface area contributed by atoms with Gasteiger partial charge in [-0.1, -0.05) is 15.9 Å². The first-order chi connectivity index (χ1) is 10.6. The van der Waals surface area contributed by atoms with Gasteiger partial charge < -0.3 is 5.32 Å². The number of nitrogens with zero attached hydrogens (tertiary/aromatic N) is 2. The lowest BCUT2D eigenvalue weighted by Gasteiger charge is -2.42. The summed E-state index contributed by atoms with van der Waals surface area (Å²) in [7, 11) is -1.75. The Morgan fingerprint density at radius 1 is 1.35 bits per heavy atom. The largest absolute Gasteiger partial charge is 0.360 e. The molecule has 2 heterocycles. The Morgan fingerprint density at radius 2 is 2.04 bits per heavy atom. The molecule has 1 fully saturated rings. The molecule has 0 radical (unpaired) electrons. The van der Waals surface area contributed by atoms with Crippen molar-refractivity contribution in [2.75, 3.05) is 12.8 Å². The van der Waals surface area contributed by atoms with E-state index in [0.717, 1.165) is 19.7 Å². The monoisotopic (exact) mass is 415 g/mol. The zero-order valence-electron chi connectivity index (χ0n) is 13.3. The molecular weight excluding hydrogens is 398 g/mol. The zero-order chi connectivity index (χ0) is 17.0. The molecule has 0 amide bonds. The molecule has 0 saturated carbocycles. The fraction of sp³-hybridized carbons (Fsp3) is 0.467. The molecular formula is C15H18BrN3O2S2. The molecule has 23 heavy (non-hydrogen) atoms. The van der Waals surface area contributed by atoms with Gasteiger partial charge >= 0.3 is 0 Å². The molecule has 1 N–H and O–H groups in total. The van der Waals surface area contributed by atoms with Crippen LogP contribution in [-0.4, -0.2) is 36.8 Å². The van der Waals surface area contributed by atoms with Crippen LogP contribution in [0.4, 0.5) is 0 Å². The number of benzene rings is 1. The molecule has 0 spiro atoms. The fourth-order valence-electron chi connectivity index (χ4n) is 2.73. The number of aliphatic imine (C=N–C) groups is 1. The highest BCUT2D eigenvalue weighted by Gasteiger charge is 2.51. The van der Waals surface area contributed by atoms with Gasteiger partial charge in [0.15, 0.2) is 9.84 Å². The van der Waals surface area contributed by atoms with Crippen LogP contribution >= 0.6 is 27.3 Å². The quantitative estimate of drug-likeness (QED) is 0.776. The topological polar surface area (TPSA) is 71.4 Å². The Morgan fingerprint density at radius 3 is 2.70 bits per heavy atom. The summed E-state index contributed by atoms with van der Waals surface area (Å²) in [6.45, 7) is 5.25. The summed E-state index contributed by atoms with van der Waals surface area (Å²) in [6, 6.07) is 5.86. The highest BCUT2D eigenvalue weighted by Crippen LogP contribution is 2.38. The summed E-state index contributed by atoms with van der Waals surface area (Å²) < 4.78 is 26.5. The van der Waals surface area contributed by atoms with Gasteiger partial charge in [-0.15, -0.1) is 11.3 Å². The van der Waals surface area contributed by atoms with E-state index in [-0.39, 0.29) is 5.75 Å². The van der Waals surface area contributed by atoms with Gasteiger partial charge in [0.05, 0.1) is 16.0 Å². The minimum atomic E-state index is -3.36. The molecule has 1 aromatic heterocycles. The molecule has 0 bridgehead atoms.